The Morgan fingerprint density at radius 1 is 1.18 bits per heavy atom. The van der Waals surface area contributed by atoms with E-state index >= 15 is 0 Å². The fourth-order valence-electron chi connectivity index (χ4n) is 4.15. The van der Waals surface area contributed by atoms with Gasteiger partial charge in [0.25, 0.3) is 5.84 Å². The summed E-state index contributed by atoms with van der Waals surface area (Å²) in [6.07, 6.45) is 18.4. The number of aliphatic imine (C=N–C) groups is 1. The smallest absolute Gasteiger partial charge is 0.274 e. The topological polar surface area (TPSA) is 90.9 Å². The van der Waals surface area contributed by atoms with Crippen molar-refractivity contribution in [1.29, 1.82) is 0 Å². The zero-order valence-electron chi connectivity index (χ0n) is 17.5. The average molecular weight is 391 g/mol. The summed E-state index contributed by atoms with van der Waals surface area (Å²) >= 11 is 0. The van der Waals surface area contributed by atoms with Crippen LogP contribution >= 0.6 is 0 Å². The van der Waals surface area contributed by atoms with Gasteiger partial charge in [-0.15, -0.1) is 6.58 Å². The number of guanidine groups is 1. The molecule has 0 aliphatic carbocycles. The highest BCUT2D eigenvalue weighted by molar-refractivity contribution is 5.92. The predicted molar refractivity (Wildman–Crippen MR) is 117 cm³/mol. The van der Waals surface area contributed by atoms with Crippen LogP contribution in [-0.4, -0.2) is 58.3 Å². The first kappa shape index (κ1) is 22.5. The molecular formula is C22H40N5O+. The zero-order chi connectivity index (χ0) is 20.2. The van der Waals surface area contributed by atoms with Crippen molar-refractivity contribution in [3.63, 3.8) is 0 Å². The molecule has 0 aromatic carbocycles. The van der Waals surface area contributed by atoms with Crippen molar-refractivity contribution in [1.82, 2.24) is 4.90 Å². The van der Waals surface area contributed by atoms with Crippen molar-refractivity contribution in [3.05, 3.63) is 24.8 Å². The first-order valence-electron chi connectivity index (χ1n) is 11.0. The van der Waals surface area contributed by atoms with Crippen LogP contribution in [0.15, 0.2) is 29.8 Å². The minimum atomic E-state index is -0.789. The molecule has 28 heavy (non-hydrogen) atoms. The monoisotopic (exact) mass is 390 g/mol. The number of nitrogens with zero attached hydrogens (tertiary/aromatic N) is 3. The van der Waals surface area contributed by atoms with E-state index in [2.05, 4.69) is 27.1 Å². The van der Waals surface area contributed by atoms with Crippen LogP contribution in [-0.2, 0) is 0 Å². The van der Waals surface area contributed by atoms with Gasteiger partial charge < -0.3 is 16.6 Å². The Morgan fingerprint density at radius 2 is 1.93 bits per heavy atom. The van der Waals surface area contributed by atoms with Gasteiger partial charge in [0.15, 0.2) is 5.96 Å². The Bertz CT molecular complexity index is 579. The highest BCUT2D eigenvalue weighted by atomic mass is 16.3. The molecule has 0 saturated heterocycles. The van der Waals surface area contributed by atoms with Crippen LogP contribution in [0, 0.1) is 0 Å². The maximum Gasteiger partial charge on any atom is 0.274 e. The third-order valence-electron chi connectivity index (χ3n) is 5.71. The maximum atomic E-state index is 11.2. The molecule has 0 aromatic heterocycles. The molecule has 2 rings (SSSR count). The van der Waals surface area contributed by atoms with E-state index in [9.17, 15) is 5.11 Å². The van der Waals surface area contributed by atoms with Gasteiger partial charge in [0.05, 0.1) is 19.6 Å². The Labute approximate surface area is 170 Å². The third kappa shape index (κ3) is 6.97. The molecule has 6 heteroatoms. The summed E-state index contributed by atoms with van der Waals surface area (Å²) < 4.78 is 2.42. The lowest BCUT2D eigenvalue weighted by atomic mass is 10.0. The van der Waals surface area contributed by atoms with Gasteiger partial charge in [0.1, 0.15) is 0 Å². The van der Waals surface area contributed by atoms with E-state index in [1.165, 1.54) is 31.5 Å². The molecule has 5 N–H and O–H groups in total. The highest BCUT2D eigenvalue weighted by Gasteiger charge is 2.46. The molecule has 1 unspecified atom stereocenters. The lowest BCUT2D eigenvalue weighted by molar-refractivity contribution is -0.539. The van der Waals surface area contributed by atoms with Gasteiger partial charge in [-0.1, -0.05) is 25.3 Å². The second kappa shape index (κ2) is 11.9. The first-order valence-corrected chi connectivity index (χ1v) is 11.0. The Hall–Kier alpha value is -1.82. The number of rotatable bonds is 14. The van der Waals surface area contributed by atoms with Crippen molar-refractivity contribution < 1.29 is 9.68 Å². The largest absolute Gasteiger partial charge is 0.370 e. The molecule has 0 bridgehead atoms. The van der Waals surface area contributed by atoms with Crippen LogP contribution in [0.5, 0.6) is 0 Å². The van der Waals surface area contributed by atoms with E-state index in [1.807, 2.05) is 12.2 Å². The maximum absolute atomic E-state index is 11.2. The molecule has 0 fully saturated rings. The molecule has 0 spiro atoms. The summed E-state index contributed by atoms with van der Waals surface area (Å²) in [5, 5.41) is 11.2. The molecule has 2 aliphatic heterocycles. The van der Waals surface area contributed by atoms with E-state index in [4.69, 9.17) is 11.5 Å². The zero-order valence-corrected chi connectivity index (χ0v) is 17.5. The molecule has 0 amide bonds. The van der Waals surface area contributed by atoms with Gasteiger partial charge in [-0.25, -0.2) is 4.90 Å². The van der Waals surface area contributed by atoms with Gasteiger partial charge in [0, 0.05) is 25.5 Å². The summed E-state index contributed by atoms with van der Waals surface area (Å²) in [5.41, 5.74) is 9.92. The number of hydrogen-bond donors (Lipinski definition) is 3. The quantitative estimate of drug-likeness (QED) is 0.140. The second-order valence-corrected chi connectivity index (χ2v) is 8.02. The van der Waals surface area contributed by atoms with Crippen LogP contribution in [0.25, 0.3) is 0 Å². The lowest BCUT2D eigenvalue weighted by Crippen LogP contribution is -2.52. The van der Waals surface area contributed by atoms with Crippen molar-refractivity contribution in [2.75, 3.05) is 26.2 Å². The van der Waals surface area contributed by atoms with Gasteiger partial charge in [-0.3, -0.25) is 9.57 Å². The van der Waals surface area contributed by atoms with E-state index in [-0.39, 0.29) is 5.96 Å². The average Bonchev–Trinajstić information content (AvgIpc) is 3.01. The number of amidine groups is 1. The summed E-state index contributed by atoms with van der Waals surface area (Å²) in [7, 11) is 0. The Balaban J connectivity index is 1.75. The minimum Gasteiger partial charge on any atom is -0.370 e. The van der Waals surface area contributed by atoms with Crippen molar-refractivity contribution in [2.45, 2.75) is 76.4 Å². The molecule has 0 aromatic rings. The van der Waals surface area contributed by atoms with Gasteiger partial charge in [-0.2, -0.15) is 0 Å². The summed E-state index contributed by atoms with van der Waals surface area (Å²) in [6, 6.07) is 0. The molecule has 0 radical (unpaired) electrons. The number of nitrogens with two attached hydrogens (primary N) is 2. The fourth-order valence-corrected chi connectivity index (χ4v) is 4.15. The van der Waals surface area contributed by atoms with Crippen molar-refractivity contribution in [3.8, 4) is 0 Å². The number of hydrogen-bond acceptors (Lipinski definition) is 3. The second-order valence-electron chi connectivity index (χ2n) is 8.02. The fraction of sp³-hybridized carbons (Fsp3) is 0.727. The van der Waals surface area contributed by atoms with Crippen LogP contribution in [0.1, 0.15) is 70.6 Å². The van der Waals surface area contributed by atoms with Gasteiger partial charge >= 0.3 is 0 Å². The van der Waals surface area contributed by atoms with Gasteiger partial charge in [0.2, 0.25) is 5.72 Å². The summed E-state index contributed by atoms with van der Waals surface area (Å²) in [5.74, 6) is 1.37. The molecule has 1 atom stereocenters. The van der Waals surface area contributed by atoms with E-state index in [1.54, 1.807) is 0 Å². The lowest BCUT2D eigenvalue weighted by Gasteiger charge is -2.32. The normalized spacial score (nSPS) is 21.1. The van der Waals surface area contributed by atoms with E-state index in [0.29, 0.717) is 6.54 Å². The molecular weight excluding hydrogens is 350 g/mol. The van der Waals surface area contributed by atoms with E-state index < -0.39 is 5.72 Å². The number of unbranched alkanes of at least 4 members (excludes halogenated alkanes) is 7. The SMILES string of the molecule is C=CCCCCCCCC1(O)C=CC2=[N+](CCCCCN=C(N)N)CCCN21. The van der Waals surface area contributed by atoms with Crippen LogP contribution in [0.4, 0.5) is 0 Å². The molecule has 0 saturated carbocycles. The Kier molecular flexibility index (Phi) is 9.55. The number of allylic oxidation sites excluding steroid dienone is 1. The third-order valence-corrected chi connectivity index (χ3v) is 5.71. The highest BCUT2D eigenvalue weighted by Crippen LogP contribution is 2.30. The van der Waals surface area contributed by atoms with E-state index in [0.717, 1.165) is 64.6 Å². The van der Waals surface area contributed by atoms with Crippen LogP contribution < -0.4 is 11.5 Å². The van der Waals surface area contributed by atoms with Crippen molar-refractivity contribution >= 4 is 11.8 Å². The molecule has 2 heterocycles. The molecule has 6 nitrogen and oxygen atoms in total. The van der Waals surface area contributed by atoms with Crippen molar-refractivity contribution in [2.24, 2.45) is 16.5 Å². The van der Waals surface area contributed by atoms with Gasteiger partial charge in [-0.05, 0) is 44.6 Å². The molecule has 158 valence electrons. The number of aliphatic hydroxyl groups is 1. The predicted octanol–water partition coefficient (Wildman–Crippen LogP) is 2.72. The minimum absolute atomic E-state index is 0.175. The van der Waals surface area contributed by atoms with Crippen LogP contribution in [0.2, 0.25) is 0 Å². The number of fused-ring (bicyclic) bond motifs is 1. The summed E-state index contributed by atoms with van der Waals surface area (Å²) in [6.45, 7) is 7.52. The standard InChI is InChI=1S/C22H40N5O/c1-2-3-4-5-6-7-9-14-22(28)15-13-20-26(18-12-19-27(20)22)17-11-8-10-16-25-21(23)24/h2,13,15,28H,1,3-12,14,16-19H2,(H4,23,24,25)/q+1. The Morgan fingerprint density at radius 3 is 2.71 bits per heavy atom. The van der Waals surface area contributed by atoms with Crippen LogP contribution in [0.3, 0.4) is 0 Å². The first-order chi connectivity index (χ1) is 13.6. The molecule has 2 aliphatic rings. The summed E-state index contributed by atoms with van der Waals surface area (Å²) in [4.78, 5) is 6.25.